The second-order valence-corrected chi connectivity index (χ2v) is 5.51. The predicted molar refractivity (Wildman–Crippen MR) is 89.0 cm³/mol. The number of hydrogen-bond acceptors (Lipinski definition) is 2. The van der Waals surface area contributed by atoms with Crippen molar-refractivity contribution in [3.63, 3.8) is 0 Å². The summed E-state index contributed by atoms with van der Waals surface area (Å²) in [7, 11) is 0. The quantitative estimate of drug-likeness (QED) is 0.870. The van der Waals surface area contributed by atoms with Gasteiger partial charge in [-0.2, -0.15) is 0 Å². The molecule has 0 bridgehead atoms. The topological polar surface area (TPSA) is 35.2 Å². The fourth-order valence-corrected chi connectivity index (χ4v) is 2.79. The predicted octanol–water partition coefficient (Wildman–Crippen LogP) is 3.99. The van der Waals surface area contributed by atoms with Crippen molar-refractivity contribution in [1.82, 2.24) is 0 Å². The SMILES string of the molecule is CCOc1ccc(C(CN)Cc2ccccc2C)c(C)c1. The Kier molecular flexibility index (Phi) is 5.40. The summed E-state index contributed by atoms with van der Waals surface area (Å²) in [5, 5.41) is 0. The van der Waals surface area contributed by atoms with Crippen LogP contribution < -0.4 is 10.5 Å². The lowest BCUT2D eigenvalue weighted by Crippen LogP contribution is -2.16. The van der Waals surface area contributed by atoms with Gasteiger partial charge in [0.05, 0.1) is 6.61 Å². The molecule has 112 valence electrons. The molecule has 0 heterocycles. The molecule has 0 aromatic heterocycles. The largest absolute Gasteiger partial charge is 0.494 e. The monoisotopic (exact) mass is 283 g/mol. The molecule has 0 saturated heterocycles. The molecule has 2 rings (SSSR count). The van der Waals surface area contributed by atoms with Gasteiger partial charge in [-0.15, -0.1) is 0 Å². The molecule has 0 amide bonds. The molecule has 2 nitrogen and oxygen atoms in total. The molecule has 0 aliphatic carbocycles. The van der Waals surface area contributed by atoms with Crippen molar-refractivity contribution in [2.45, 2.75) is 33.1 Å². The Hall–Kier alpha value is -1.80. The highest BCUT2D eigenvalue weighted by atomic mass is 16.5. The van der Waals surface area contributed by atoms with Crippen LogP contribution in [-0.2, 0) is 6.42 Å². The van der Waals surface area contributed by atoms with Gasteiger partial charge in [0.2, 0.25) is 0 Å². The first kappa shape index (κ1) is 15.6. The van der Waals surface area contributed by atoms with Gasteiger partial charge in [0.25, 0.3) is 0 Å². The zero-order valence-electron chi connectivity index (χ0n) is 13.2. The lowest BCUT2D eigenvalue weighted by Gasteiger charge is -2.19. The lowest BCUT2D eigenvalue weighted by molar-refractivity contribution is 0.340. The van der Waals surface area contributed by atoms with E-state index in [0.717, 1.165) is 12.2 Å². The van der Waals surface area contributed by atoms with Crippen LogP contribution in [0.5, 0.6) is 5.75 Å². The first-order valence-corrected chi connectivity index (χ1v) is 7.63. The van der Waals surface area contributed by atoms with Crippen molar-refractivity contribution in [3.05, 3.63) is 64.7 Å². The van der Waals surface area contributed by atoms with Gasteiger partial charge in [-0.3, -0.25) is 0 Å². The molecule has 1 unspecified atom stereocenters. The van der Waals surface area contributed by atoms with Crippen LogP contribution in [-0.4, -0.2) is 13.2 Å². The minimum absolute atomic E-state index is 0.349. The maximum absolute atomic E-state index is 6.04. The zero-order chi connectivity index (χ0) is 15.2. The Morgan fingerprint density at radius 3 is 2.43 bits per heavy atom. The molecule has 0 fully saturated rings. The van der Waals surface area contributed by atoms with E-state index >= 15 is 0 Å². The van der Waals surface area contributed by atoms with E-state index in [1.54, 1.807) is 0 Å². The second-order valence-electron chi connectivity index (χ2n) is 5.51. The smallest absolute Gasteiger partial charge is 0.119 e. The molecular formula is C19H25NO. The Morgan fingerprint density at radius 1 is 1.05 bits per heavy atom. The van der Waals surface area contributed by atoms with Gasteiger partial charge in [0, 0.05) is 5.92 Å². The first-order valence-electron chi connectivity index (χ1n) is 7.63. The number of aryl methyl sites for hydroxylation is 2. The van der Waals surface area contributed by atoms with Crippen LogP contribution >= 0.6 is 0 Å². The number of benzene rings is 2. The highest BCUT2D eigenvalue weighted by Crippen LogP contribution is 2.27. The van der Waals surface area contributed by atoms with Crippen molar-refractivity contribution >= 4 is 0 Å². The van der Waals surface area contributed by atoms with Crippen molar-refractivity contribution in [3.8, 4) is 5.75 Å². The first-order chi connectivity index (χ1) is 10.2. The highest BCUT2D eigenvalue weighted by molar-refractivity contribution is 5.38. The Morgan fingerprint density at radius 2 is 1.81 bits per heavy atom. The average Bonchev–Trinajstić information content (AvgIpc) is 2.48. The van der Waals surface area contributed by atoms with Crippen molar-refractivity contribution in [2.24, 2.45) is 5.73 Å². The zero-order valence-corrected chi connectivity index (χ0v) is 13.2. The van der Waals surface area contributed by atoms with Crippen LogP contribution in [0.4, 0.5) is 0 Å². The van der Waals surface area contributed by atoms with E-state index in [-0.39, 0.29) is 0 Å². The third-order valence-electron chi connectivity index (χ3n) is 4.00. The van der Waals surface area contributed by atoms with E-state index in [9.17, 15) is 0 Å². The Balaban J connectivity index is 2.23. The summed E-state index contributed by atoms with van der Waals surface area (Å²) in [5.74, 6) is 1.28. The van der Waals surface area contributed by atoms with E-state index in [0.29, 0.717) is 19.1 Å². The van der Waals surface area contributed by atoms with Crippen molar-refractivity contribution in [1.29, 1.82) is 0 Å². The fraction of sp³-hybridized carbons (Fsp3) is 0.368. The van der Waals surface area contributed by atoms with Crippen LogP contribution in [0.3, 0.4) is 0 Å². The van der Waals surface area contributed by atoms with E-state index < -0.39 is 0 Å². The van der Waals surface area contributed by atoms with Crippen molar-refractivity contribution in [2.75, 3.05) is 13.2 Å². The van der Waals surface area contributed by atoms with E-state index in [4.69, 9.17) is 10.5 Å². The maximum Gasteiger partial charge on any atom is 0.119 e. The fourth-order valence-electron chi connectivity index (χ4n) is 2.79. The molecule has 21 heavy (non-hydrogen) atoms. The van der Waals surface area contributed by atoms with Gasteiger partial charge in [0.15, 0.2) is 0 Å². The van der Waals surface area contributed by atoms with Crippen LogP contribution in [0, 0.1) is 13.8 Å². The number of nitrogens with two attached hydrogens (primary N) is 1. The van der Waals surface area contributed by atoms with Crippen LogP contribution in [0.25, 0.3) is 0 Å². The molecule has 1 atom stereocenters. The lowest BCUT2D eigenvalue weighted by atomic mass is 9.88. The van der Waals surface area contributed by atoms with Gasteiger partial charge in [-0.25, -0.2) is 0 Å². The molecule has 2 aromatic rings. The van der Waals surface area contributed by atoms with Gasteiger partial charge >= 0.3 is 0 Å². The second kappa shape index (κ2) is 7.28. The number of ether oxygens (including phenoxy) is 1. The summed E-state index contributed by atoms with van der Waals surface area (Å²) in [5.41, 5.74) is 11.3. The van der Waals surface area contributed by atoms with E-state index in [1.807, 2.05) is 13.0 Å². The van der Waals surface area contributed by atoms with Gasteiger partial charge in [0.1, 0.15) is 5.75 Å². The summed E-state index contributed by atoms with van der Waals surface area (Å²) in [6.45, 7) is 7.65. The van der Waals surface area contributed by atoms with Gasteiger partial charge in [-0.1, -0.05) is 30.3 Å². The number of hydrogen-bond donors (Lipinski definition) is 1. The molecule has 0 aliphatic rings. The molecule has 0 spiro atoms. The van der Waals surface area contributed by atoms with Crippen LogP contribution in [0.15, 0.2) is 42.5 Å². The minimum Gasteiger partial charge on any atom is -0.494 e. The molecule has 2 heteroatoms. The van der Waals surface area contributed by atoms with E-state index in [2.05, 4.69) is 50.2 Å². The number of rotatable bonds is 6. The van der Waals surface area contributed by atoms with E-state index in [1.165, 1.54) is 22.3 Å². The standard InChI is InChI=1S/C19H25NO/c1-4-21-18-9-10-19(15(3)11-18)17(13-20)12-16-8-6-5-7-14(16)2/h5-11,17H,4,12-13,20H2,1-3H3. The van der Waals surface area contributed by atoms with Gasteiger partial charge in [-0.05, 0) is 68.1 Å². The highest BCUT2D eigenvalue weighted by Gasteiger charge is 2.14. The molecule has 0 radical (unpaired) electrons. The molecular weight excluding hydrogens is 258 g/mol. The maximum atomic E-state index is 6.04. The molecule has 0 saturated carbocycles. The summed E-state index contributed by atoms with van der Waals surface area (Å²) < 4.78 is 5.56. The average molecular weight is 283 g/mol. The van der Waals surface area contributed by atoms with Crippen LogP contribution in [0.2, 0.25) is 0 Å². The Labute approximate surface area is 127 Å². The van der Waals surface area contributed by atoms with Gasteiger partial charge < -0.3 is 10.5 Å². The summed E-state index contributed by atoms with van der Waals surface area (Å²) in [6, 6.07) is 14.9. The summed E-state index contributed by atoms with van der Waals surface area (Å²) >= 11 is 0. The Bertz CT molecular complexity index is 592. The molecule has 0 aliphatic heterocycles. The minimum atomic E-state index is 0.349. The molecule has 2 aromatic carbocycles. The molecule has 2 N–H and O–H groups in total. The summed E-state index contributed by atoms with van der Waals surface area (Å²) in [4.78, 5) is 0. The van der Waals surface area contributed by atoms with Crippen LogP contribution in [0.1, 0.15) is 35.1 Å². The summed E-state index contributed by atoms with van der Waals surface area (Å²) in [6.07, 6.45) is 0.984. The normalized spacial score (nSPS) is 12.2. The van der Waals surface area contributed by atoms with Crippen molar-refractivity contribution < 1.29 is 4.74 Å². The third kappa shape index (κ3) is 3.85. The third-order valence-corrected chi connectivity index (χ3v) is 4.00.